The number of nitrogens with zero attached hydrogens (tertiary/aromatic N) is 2. The molecule has 3 aliphatic rings. The molecule has 2 aromatic rings. The highest BCUT2D eigenvalue weighted by Crippen LogP contribution is 2.45. The number of fused-ring (bicyclic) bond motifs is 1. The van der Waals surface area contributed by atoms with Crippen molar-refractivity contribution in [2.75, 3.05) is 28.3 Å². The van der Waals surface area contributed by atoms with E-state index in [0.29, 0.717) is 11.3 Å². The third-order valence-electron chi connectivity index (χ3n) is 6.30. The average molecular weight is 582 g/mol. The fraction of sp³-hybridized carbons (Fsp3) is 0.250. The predicted octanol–water partition coefficient (Wildman–Crippen LogP) is 3.45. The standard InChI is InChI=1S/C24H18F3N3O5S3/c25-24(26,27)13-4-3-5-14(10-13)28-18(31)11-29-17-7-2-1-6-16(17)19(21(29)32)20-22(33)30(23(36)37-20)15-8-9-38(34,35)12-15/h1-7,10,15H,8-9,11-12H2,(H,28,31). The lowest BCUT2D eigenvalue weighted by Crippen LogP contribution is -2.39. The van der Waals surface area contributed by atoms with Gasteiger partial charge in [0.25, 0.3) is 11.8 Å². The normalized spacial score (nSPS) is 22.8. The minimum absolute atomic E-state index is 0.0353. The summed E-state index contributed by atoms with van der Waals surface area (Å²) in [4.78, 5) is 42.1. The summed E-state index contributed by atoms with van der Waals surface area (Å²) in [5.74, 6) is -2.23. The maximum absolute atomic E-state index is 13.5. The van der Waals surface area contributed by atoms with Crippen LogP contribution in [0, 0.1) is 0 Å². The molecule has 1 N–H and O–H groups in total. The van der Waals surface area contributed by atoms with Gasteiger partial charge in [-0.25, -0.2) is 8.42 Å². The molecule has 0 spiro atoms. The van der Waals surface area contributed by atoms with Crippen molar-refractivity contribution >= 4 is 72.8 Å². The van der Waals surface area contributed by atoms with Crippen molar-refractivity contribution in [1.29, 1.82) is 0 Å². The van der Waals surface area contributed by atoms with Gasteiger partial charge in [-0.15, -0.1) is 0 Å². The van der Waals surface area contributed by atoms with E-state index in [1.54, 1.807) is 24.3 Å². The molecule has 1 atom stereocenters. The highest BCUT2D eigenvalue weighted by atomic mass is 32.2. The molecule has 2 aromatic carbocycles. The van der Waals surface area contributed by atoms with Crippen molar-refractivity contribution in [2.45, 2.75) is 18.6 Å². The van der Waals surface area contributed by atoms with E-state index in [1.807, 2.05) is 0 Å². The number of para-hydroxylation sites is 1. The van der Waals surface area contributed by atoms with E-state index in [1.165, 1.54) is 11.0 Å². The molecule has 0 saturated carbocycles. The van der Waals surface area contributed by atoms with Crippen LogP contribution in [-0.4, -0.2) is 59.5 Å². The van der Waals surface area contributed by atoms with Gasteiger partial charge in [-0.1, -0.05) is 48.2 Å². The monoisotopic (exact) mass is 581 g/mol. The molecular formula is C24H18F3N3O5S3. The zero-order chi connectivity index (χ0) is 27.4. The zero-order valence-corrected chi connectivity index (χ0v) is 21.8. The van der Waals surface area contributed by atoms with Crippen molar-refractivity contribution in [2.24, 2.45) is 0 Å². The van der Waals surface area contributed by atoms with Gasteiger partial charge in [0.15, 0.2) is 9.84 Å². The molecule has 0 bridgehead atoms. The number of hydrogen-bond donors (Lipinski definition) is 1. The number of thiocarbonyl (C=S) groups is 1. The quantitative estimate of drug-likeness (QED) is 0.436. The Balaban J connectivity index is 1.42. The molecule has 8 nitrogen and oxygen atoms in total. The van der Waals surface area contributed by atoms with Crippen LogP contribution in [0.15, 0.2) is 53.4 Å². The van der Waals surface area contributed by atoms with Crippen LogP contribution < -0.4 is 10.2 Å². The first-order valence-electron chi connectivity index (χ1n) is 11.2. The molecule has 0 aliphatic carbocycles. The molecule has 5 rings (SSSR count). The van der Waals surface area contributed by atoms with Crippen molar-refractivity contribution < 1.29 is 36.0 Å². The summed E-state index contributed by atoms with van der Waals surface area (Å²) in [6.07, 6.45) is -4.35. The Bertz CT molecular complexity index is 1540. The van der Waals surface area contributed by atoms with E-state index < -0.39 is 51.9 Å². The van der Waals surface area contributed by atoms with Crippen LogP contribution in [0.2, 0.25) is 0 Å². The summed E-state index contributed by atoms with van der Waals surface area (Å²) in [7, 11) is -3.30. The number of hydrogen-bond acceptors (Lipinski definition) is 7. The number of halogens is 3. The second kappa shape index (κ2) is 9.50. The van der Waals surface area contributed by atoms with E-state index in [-0.39, 0.29) is 38.4 Å². The van der Waals surface area contributed by atoms with Crippen molar-refractivity contribution in [3.8, 4) is 0 Å². The number of carbonyl (C=O) groups excluding carboxylic acids is 3. The Hall–Kier alpha value is -3.23. The maximum atomic E-state index is 13.5. The molecule has 3 amide bonds. The van der Waals surface area contributed by atoms with E-state index in [9.17, 15) is 36.0 Å². The molecule has 3 aliphatic heterocycles. The highest BCUT2D eigenvalue weighted by Gasteiger charge is 2.46. The fourth-order valence-corrected chi connectivity index (χ4v) is 7.77. The van der Waals surface area contributed by atoms with Crippen LogP contribution in [0.1, 0.15) is 17.5 Å². The Morgan fingerprint density at radius 2 is 1.84 bits per heavy atom. The van der Waals surface area contributed by atoms with Gasteiger partial charge in [-0.3, -0.25) is 24.2 Å². The smallest absolute Gasteiger partial charge is 0.325 e. The average Bonchev–Trinajstić information content (AvgIpc) is 3.43. The number of benzene rings is 2. The number of amides is 3. The van der Waals surface area contributed by atoms with Crippen molar-refractivity contribution in [3.63, 3.8) is 0 Å². The summed E-state index contributed by atoms with van der Waals surface area (Å²) >= 11 is 6.26. The third-order valence-corrected chi connectivity index (χ3v) is 9.45. The minimum atomic E-state index is -4.59. The summed E-state index contributed by atoms with van der Waals surface area (Å²) in [6.45, 7) is -0.517. The second-order valence-corrected chi connectivity index (χ2v) is 12.7. The Morgan fingerprint density at radius 3 is 2.53 bits per heavy atom. The lowest BCUT2D eigenvalue weighted by atomic mass is 10.1. The maximum Gasteiger partial charge on any atom is 0.416 e. The van der Waals surface area contributed by atoms with Gasteiger partial charge < -0.3 is 5.32 Å². The van der Waals surface area contributed by atoms with Crippen molar-refractivity contribution in [3.05, 3.63) is 64.6 Å². The summed E-state index contributed by atoms with van der Waals surface area (Å²) < 4.78 is 63.1. The third kappa shape index (κ3) is 4.83. The van der Waals surface area contributed by atoms with Gasteiger partial charge in [-0.2, -0.15) is 13.2 Å². The molecule has 38 heavy (non-hydrogen) atoms. The summed E-state index contributed by atoms with van der Waals surface area (Å²) in [5, 5.41) is 2.38. The number of nitrogens with one attached hydrogen (secondary N) is 1. The predicted molar refractivity (Wildman–Crippen MR) is 140 cm³/mol. The summed E-state index contributed by atoms with van der Waals surface area (Å²) in [6, 6.07) is 9.99. The molecule has 2 fully saturated rings. The van der Waals surface area contributed by atoms with Crippen LogP contribution >= 0.6 is 24.0 Å². The van der Waals surface area contributed by atoms with E-state index in [2.05, 4.69) is 5.32 Å². The topological polar surface area (TPSA) is 104 Å². The van der Waals surface area contributed by atoms with Crippen LogP contribution in [0.3, 0.4) is 0 Å². The second-order valence-electron chi connectivity index (χ2n) is 8.84. The Kier molecular flexibility index (Phi) is 6.60. The number of thioether (sulfide) groups is 1. The van der Waals surface area contributed by atoms with Gasteiger partial charge >= 0.3 is 6.18 Å². The van der Waals surface area contributed by atoms with Gasteiger partial charge in [0.2, 0.25) is 5.91 Å². The molecule has 2 saturated heterocycles. The first-order chi connectivity index (χ1) is 17.9. The highest BCUT2D eigenvalue weighted by molar-refractivity contribution is 8.26. The number of sulfone groups is 1. The van der Waals surface area contributed by atoms with Crippen LogP contribution in [-0.2, 0) is 30.4 Å². The molecule has 0 radical (unpaired) electrons. The molecular weight excluding hydrogens is 563 g/mol. The van der Waals surface area contributed by atoms with Gasteiger partial charge in [0.1, 0.15) is 10.9 Å². The first kappa shape index (κ1) is 26.4. The zero-order valence-electron chi connectivity index (χ0n) is 19.3. The van der Waals surface area contributed by atoms with Crippen molar-refractivity contribution in [1.82, 2.24) is 4.90 Å². The van der Waals surface area contributed by atoms with Crippen LogP contribution in [0.25, 0.3) is 5.57 Å². The SMILES string of the molecule is O=C(CN1C(=O)C(=C2SC(=S)N(C3CCS(=O)(=O)C3)C2=O)c2ccccc21)Nc1cccc(C(F)(F)F)c1. The molecule has 1 unspecified atom stereocenters. The molecule has 0 aromatic heterocycles. The first-order valence-corrected chi connectivity index (χ1v) is 14.3. The van der Waals surface area contributed by atoms with Gasteiger partial charge in [-0.05, 0) is 30.7 Å². The van der Waals surface area contributed by atoms with Gasteiger partial charge in [0.05, 0.1) is 39.3 Å². The largest absolute Gasteiger partial charge is 0.416 e. The number of rotatable bonds is 4. The molecule has 3 heterocycles. The molecule has 14 heteroatoms. The molecule has 198 valence electrons. The fourth-order valence-electron chi connectivity index (χ4n) is 4.60. The number of alkyl halides is 3. The summed E-state index contributed by atoms with van der Waals surface area (Å²) in [5.41, 5.74) is -0.243. The Labute approximate surface area is 224 Å². The van der Waals surface area contributed by atoms with Crippen LogP contribution in [0.5, 0.6) is 0 Å². The van der Waals surface area contributed by atoms with E-state index in [0.717, 1.165) is 34.9 Å². The van der Waals surface area contributed by atoms with E-state index in [4.69, 9.17) is 12.2 Å². The van der Waals surface area contributed by atoms with Gasteiger partial charge in [0, 0.05) is 11.3 Å². The lowest BCUT2D eigenvalue weighted by Gasteiger charge is -2.21. The van der Waals surface area contributed by atoms with E-state index >= 15 is 0 Å². The Morgan fingerprint density at radius 1 is 1.11 bits per heavy atom. The lowest BCUT2D eigenvalue weighted by molar-refractivity contribution is -0.137. The van der Waals surface area contributed by atoms with Crippen LogP contribution in [0.4, 0.5) is 24.5 Å². The minimum Gasteiger partial charge on any atom is -0.325 e. The number of carbonyl (C=O) groups is 3. The number of anilines is 2.